The highest BCUT2D eigenvalue weighted by molar-refractivity contribution is 5.18. The molecule has 0 radical (unpaired) electrons. The molecule has 1 heterocycles. The predicted octanol–water partition coefficient (Wildman–Crippen LogP) is -0.899. The number of nitrogens with one attached hydrogen (secondary N) is 1. The zero-order valence-electron chi connectivity index (χ0n) is 4.50. The van der Waals surface area contributed by atoms with Crippen LogP contribution in [-0.4, -0.2) is 14.8 Å². The van der Waals surface area contributed by atoms with Crippen LogP contribution in [0, 0.1) is 0 Å². The van der Waals surface area contributed by atoms with Crippen molar-refractivity contribution < 1.29 is 0 Å². The first-order valence-electron chi connectivity index (χ1n) is 2.15. The molecule has 5 nitrogen and oxygen atoms in total. The van der Waals surface area contributed by atoms with E-state index in [0.717, 1.165) is 0 Å². The van der Waals surface area contributed by atoms with Gasteiger partial charge in [-0.25, -0.2) is 10.5 Å². The average molecular weight is 113 g/mol. The summed E-state index contributed by atoms with van der Waals surface area (Å²) in [5.41, 5.74) is 2.36. The molecule has 1 rings (SSSR count). The molecule has 0 unspecified atom stereocenters. The quantitative estimate of drug-likeness (QED) is 0.366. The molecule has 5 heteroatoms. The van der Waals surface area contributed by atoms with Crippen molar-refractivity contribution in [1.29, 1.82) is 0 Å². The van der Waals surface area contributed by atoms with E-state index in [2.05, 4.69) is 15.5 Å². The van der Waals surface area contributed by atoms with E-state index in [0.29, 0.717) is 5.95 Å². The van der Waals surface area contributed by atoms with Crippen LogP contribution in [0.5, 0.6) is 0 Å². The van der Waals surface area contributed by atoms with Gasteiger partial charge in [-0.1, -0.05) is 0 Å². The third-order valence-corrected chi connectivity index (χ3v) is 0.840. The van der Waals surface area contributed by atoms with E-state index in [4.69, 9.17) is 5.84 Å². The molecule has 44 valence electrons. The van der Waals surface area contributed by atoms with E-state index in [9.17, 15) is 0 Å². The third kappa shape index (κ3) is 0.627. The Morgan fingerprint density at radius 2 is 2.62 bits per heavy atom. The number of nitrogens with two attached hydrogens (primary N) is 1. The smallest absolute Gasteiger partial charge is 0.235 e. The highest BCUT2D eigenvalue weighted by Gasteiger charge is 1.91. The topological polar surface area (TPSA) is 68.8 Å². The van der Waals surface area contributed by atoms with Gasteiger partial charge in [-0.2, -0.15) is 10.1 Å². The molecule has 0 saturated heterocycles. The molecular formula is C3H7N5. The van der Waals surface area contributed by atoms with Gasteiger partial charge in [0.05, 0.1) is 0 Å². The Balaban J connectivity index is 2.92. The lowest BCUT2D eigenvalue weighted by Crippen LogP contribution is -2.11. The van der Waals surface area contributed by atoms with Crippen molar-refractivity contribution in [3.63, 3.8) is 0 Å². The molecule has 0 aliphatic carbocycles. The van der Waals surface area contributed by atoms with Crippen LogP contribution in [0.2, 0.25) is 0 Å². The van der Waals surface area contributed by atoms with Gasteiger partial charge in [0.25, 0.3) is 0 Å². The second kappa shape index (κ2) is 1.79. The standard InChI is InChI=1S/C3H7N5/c1-8-3(7-4)5-2-6-8/h2H,4H2,1H3,(H,5,6,7). The van der Waals surface area contributed by atoms with E-state index in [1.165, 1.54) is 6.33 Å². The first kappa shape index (κ1) is 5.04. The van der Waals surface area contributed by atoms with Crippen molar-refractivity contribution in [2.45, 2.75) is 0 Å². The highest BCUT2D eigenvalue weighted by Crippen LogP contribution is 1.91. The lowest BCUT2D eigenvalue weighted by atomic mass is 11.0. The summed E-state index contributed by atoms with van der Waals surface area (Å²) in [4.78, 5) is 3.75. The number of hydrazine groups is 1. The molecule has 0 amide bonds. The summed E-state index contributed by atoms with van der Waals surface area (Å²) in [6.07, 6.45) is 1.43. The van der Waals surface area contributed by atoms with Crippen molar-refractivity contribution in [3.05, 3.63) is 6.33 Å². The number of hydrogen-bond donors (Lipinski definition) is 2. The SMILES string of the molecule is Cn1ncnc1NN. The summed E-state index contributed by atoms with van der Waals surface area (Å²) in [6, 6.07) is 0. The summed E-state index contributed by atoms with van der Waals surface area (Å²) >= 11 is 0. The second-order valence-electron chi connectivity index (χ2n) is 1.35. The molecule has 0 aliphatic heterocycles. The van der Waals surface area contributed by atoms with E-state index in [-0.39, 0.29) is 0 Å². The average Bonchev–Trinajstić information content (AvgIpc) is 2.14. The largest absolute Gasteiger partial charge is 0.293 e. The Labute approximate surface area is 46.5 Å². The molecule has 0 fully saturated rings. The Morgan fingerprint density at radius 3 is 2.88 bits per heavy atom. The van der Waals surface area contributed by atoms with Gasteiger partial charge in [0.15, 0.2) is 0 Å². The summed E-state index contributed by atoms with van der Waals surface area (Å²) < 4.78 is 1.54. The van der Waals surface area contributed by atoms with Gasteiger partial charge in [-0.15, -0.1) is 0 Å². The molecule has 8 heavy (non-hydrogen) atoms. The van der Waals surface area contributed by atoms with Crippen molar-refractivity contribution in [1.82, 2.24) is 14.8 Å². The predicted molar refractivity (Wildman–Crippen MR) is 28.8 cm³/mol. The minimum Gasteiger partial charge on any atom is -0.293 e. The molecule has 3 N–H and O–H groups in total. The lowest BCUT2D eigenvalue weighted by molar-refractivity contribution is 0.770. The van der Waals surface area contributed by atoms with Crippen molar-refractivity contribution in [3.8, 4) is 0 Å². The lowest BCUT2D eigenvalue weighted by Gasteiger charge is -1.93. The molecule has 0 aliphatic rings. The van der Waals surface area contributed by atoms with Crippen LogP contribution < -0.4 is 11.3 Å². The fourth-order valence-corrected chi connectivity index (χ4v) is 0.427. The number of rotatable bonds is 1. The summed E-state index contributed by atoms with van der Waals surface area (Å²) in [5.74, 6) is 5.58. The first-order valence-corrected chi connectivity index (χ1v) is 2.15. The van der Waals surface area contributed by atoms with E-state index in [1.54, 1.807) is 11.7 Å². The van der Waals surface area contributed by atoms with Crippen LogP contribution in [0.3, 0.4) is 0 Å². The van der Waals surface area contributed by atoms with Gasteiger partial charge >= 0.3 is 0 Å². The van der Waals surface area contributed by atoms with Gasteiger partial charge in [0.1, 0.15) is 6.33 Å². The normalized spacial score (nSPS) is 9.25. The molecule has 0 atom stereocenters. The van der Waals surface area contributed by atoms with Gasteiger partial charge in [0, 0.05) is 7.05 Å². The van der Waals surface area contributed by atoms with Gasteiger partial charge < -0.3 is 0 Å². The number of aryl methyl sites for hydroxylation is 1. The van der Waals surface area contributed by atoms with Crippen LogP contribution in [0.1, 0.15) is 0 Å². The van der Waals surface area contributed by atoms with Crippen LogP contribution in [-0.2, 0) is 7.05 Å². The van der Waals surface area contributed by atoms with Gasteiger partial charge in [-0.3, -0.25) is 5.43 Å². The number of aromatic nitrogens is 3. The van der Waals surface area contributed by atoms with Crippen molar-refractivity contribution >= 4 is 5.95 Å². The monoisotopic (exact) mass is 113 g/mol. The number of anilines is 1. The van der Waals surface area contributed by atoms with Gasteiger partial charge in [-0.05, 0) is 0 Å². The Morgan fingerprint density at radius 1 is 1.88 bits per heavy atom. The molecule has 0 spiro atoms. The number of nitrogen functional groups attached to an aromatic ring is 1. The fourth-order valence-electron chi connectivity index (χ4n) is 0.427. The maximum atomic E-state index is 5.02. The fraction of sp³-hybridized carbons (Fsp3) is 0.333. The molecule has 1 aromatic rings. The Hall–Kier alpha value is -1.10. The summed E-state index contributed by atoms with van der Waals surface area (Å²) in [7, 11) is 1.75. The third-order valence-electron chi connectivity index (χ3n) is 0.840. The Kier molecular flexibility index (Phi) is 1.13. The summed E-state index contributed by atoms with van der Waals surface area (Å²) in [5, 5.41) is 3.75. The van der Waals surface area contributed by atoms with Crippen LogP contribution in [0.15, 0.2) is 6.33 Å². The van der Waals surface area contributed by atoms with Crippen LogP contribution in [0.4, 0.5) is 5.95 Å². The van der Waals surface area contributed by atoms with Crippen LogP contribution >= 0.6 is 0 Å². The molecule has 0 bridgehead atoms. The molecule has 0 saturated carbocycles. The van der Waals surface area contributed by atoms with Crippen LogP contribution in [0.25, 0.3) is 0 Å². The van der Waals surface area contributed by atoms with Crippen molar-refractivity contribution in [2.24, 2.45) is 12.9 Å². The van der Waals surface area contributed by atoms with E-state index < -0.39 is 0 Å². The van der Waals surface area contributed by atoms with Gasteiger partial charge in [0.2, 0.25) is 5.95 Å². The number of nitrogens with zero attached hydrogens (tertiary/aromatic N) is 3. The maximum absolute atomic E-state index is 5.02. The maximum Gasteiger partial charge on any atom is 0.235 e. The summed E-state index contributed by atoms with van der Waals surface area (Å²) in [6.45, 7) is 0. The van der Waals surface area contributed by atoms with E-state index >= 15 is 0 Å². The highest BCUT2D eigenvalue weighted by atomic mass is 15.4. The first-order chi connectivity index (χ1) is 3.84. The minimum absolute atomic E-state index is 0.560. The zero-order valence-corrected chi connectivity index (χ0v) is 4.50. The molecule has 0 aromatic carbocycles. The Bertz CT molecular complexity index is 168. The second-order valence-corrected chi connectivity index (χ2v) is 1.35. The van der Waals surface area contributed by atoms with Crippen molar-refractivity contribution in [2.75, 3.05) is 5.43 Å². The number of hydrogen-bond acceptors (Lipinski definition) is 4. The van der Waals surface area contributed by atoms with E-state index in [1.807, 2.05) is 0 Å². The molecular weight excluding hydrogens is 106 g/mol. The molecule has 1 aromatic heterocycles. The zero-order chi connectivity index (χ0) is 5.98. The minimum atomic E-state index is 0.560.